The van der Waals surface area contributed by atoms with Gasteiger partial charge in [-0.3, -0.25) is 19.8 Å². The largest absolute Gasteiger partial charge is 0.479 e. The number of para-hydroxylation sites is 1. The number of thiocarbonyl (C=S) groups is 1. The van der Waals surface area contributed by atoms with Gasteiger partial charge in [-0.25, -0.2) is 4.79 Å². The first kappa shape index (κ1) is 18.3. The van der Waals surface area contributed by atoms with Crippen LogP contribution in [0.3, 0.4) is 0 Å². The minimum atomic E-state index is -1.13. The molecule has 0 unspecified atom stereocenters. The molecule has 1 aromatic rings. The van der Waals surface area contributed by atoms with E-state index < -0.39 is 23.9 Å². The van der Waals surface area contributed by atoms with E-state index in [4.69, 9.17) is 22.1 Å². The second-order valence-corrected chi connectivity index (χ2v) is 5.54. The number of carbonyl (C=O) groups is 3. The Balaban J connectivity index is 2.40. The molecule has 1 aliphatic heterocycles. The first-order valence-electron chi connectivity index (χ1n) is 7.33. The van der Waals surface area contributed by atoms with Gasteiger partial charge in [-0.15, -0.1) is 6.58 Å². The normalized spacial score (nSPS) is 17.2. The SMILES string of the molecule is C=CCN1C(=O)/C(=C\c2ccccc2O[C@H](C)C(=O)O)C(=O)NC1=S. The number of ether oxygens (including phenoxy) is 1. The molecular weight excluding hydrogens is 344 g/mol. The smallest absolute Gasteiger partial charge is 0.344 e. The van der Waals surface area contributed by atoms with Gasteiger partial charge < -0.3 is 9.84 Å². The standard InChI is InChI=1S/C17H16N2O5S/c1-3-8-19-15(21)12(14(20)18-17(19)25)9-11-6-4-5-7-13(11)24-10(2)16(22)23/h3-7,9-10H,1,8H2,2H3,(H,22,23)(H,18,20,25)/b12-9-/t10-/m1/s1. The Morgan fingerprint density at radius 3 is 2.76 bits per heavy atom. The maximum absolute atomic E-state index is 12.5. The number of aliphatic carboxylic acids is 1. The van der Waals surface area contributed by atoms with Crippen LogP contribution in [-0.2, 0) is 14.4 Å². The van der Waals surface area contributed by atoms with Gasteiger partial charge in [0.15, 0.2) is 11.2 Å². The van der Waals surface area contributed by atoms with Gasteiger partial charge in [0.05, 0.1) is 0 Å². The number of carboxylic acid groups (broad SMARTS) is 1. The first-order valence-corrected chi connectivity index (χ1v) is 7.74. The number of carboxylic acids is 1. The van der Waals surface area contributed by atoms with Crippen molar-refractivity contribution < 1.29 is 24.2 Å². The predicted molar refractivity (Wildman–Crippen MR) is 94.8 cm³/mol. The summed E-state index contributed by atoms with van der Waals surface area (Å²) in [5.74, 6) is -2.07. The maximum atomic E-state index is 12.5. The molecule has 1 heterocycles. The van der Waals surface area contributed by atoms with Crippen LogP contribution in [0.4, 0.5) is 0 Å². The topological polar surface area (TPSA) is 95.9 Å². The number of nitrogens with zero attached hydrogens (tertiary/aromatic N) is 1. The second-order valence-electron chi connectivity index (χ2n) is 5.16. The van der Waals surface area contributed by atoms with E-state index in [1.165, 1.54) is 24.0 Å². The molecule has 2 N–H and O–H groups in total. The molecule has 7 nitrogen and oxygen atoms in total. The van der Waals surface area contributed by atoms with Crippen LogP contribution >= 0.6 is 12.2 Å². The summed E-state index contributed by atoms with van der Waals surface area (Å²) in [5.41, 5.74) is 0.273. The van der Waals surface area contributed by atoms with Crippen LogP contribution in [0.15, 0.2) is 42.5 Å². The van der Waals surface area contributed by atoms with Crippen LogP contribution in [0.5, 0.6) is 5.75 Å². The van der Waals surface area contributed by atoms with E-state index >= 15 is 0 Å². The highest BCUT2D eigenvalue weighted by Gasteiger charge is 2.32. The van der Waals surface area contributed by atoms with Crippen molar-refractivity contribution in [3.8, 4) is 5.75 Å². The second kappa shape index (κ2) is 7.71. The Morgan fingerprint density at radius 2 is 2.12 bits per heavy atom. The zero-order valence-corrected chi connectivity index (χ0v) is 14.2. The highest BCUT2D eigenvalue weighted by Crippen LogP contribution is 2.24. The summed E-state index contributed by atoms with van der Waals surface area (Å²) in [6, 6.07) is 6.52. The van der Waals surface area contributed by atoms with Crippen molar-refractivity contribution in [2.24, 2.45) is 0 Å². The van der Waals surface area contributed by atoms with Crippen LogP contribution in [0, 0.1) is 0 Å². The molecule has 0 radical (unpaired) electrons. The molecule has 0 bridgehead atoms. The molecule has 1 aliphatic rings. The van der Waals surface area contributed by atoms with Crippen LogP contribution in [0.2, 0.25) is 0 Å². The van der Waals surface area contributed by atoms with E-state index in [1.54, 1.807) is 24.3 Å². The van der Waals surface area contributed by atoms with Gasteiger partial charge in [0.25, 0.3) is 11.8 Å². The van der Waals surface area contributed by atoms with E-state index in [1.807, 2.05) is 0 Å². The zero-order valence-electron chi connectivity index (χ0n) is 13.4. The summed E-state index contributed by atoms with van der Waals surface area (Å²) in [6.07, 6.45) is 1.75. The van der Waals surface area contributed by atoms with Gasteiger partial charge >= 0.3 is 5.97 Å². The lowest BCUT2D eigenvalue weighted by Crippen LogP contribution is -2.53. The molecule has 0 aromatic heterocycles. The highest BCUT2D eigenvalue weighted by molar-refractivity contribution is 7.80. The lowest BCUT2D eigenvalue weighted by molar-refractivity contribution is -0.144. The molecule has 0 spiro atoms. The zero-order chi connectivity index (χ0) is 18.6. The Kier molecular flexibility index (Phi) is 5.66. The predicted octanol–water partition coefficient (Wildman–Crippen LogP) is 1.35. The van der Waals surface area contributed by atoms with E-state index in [9.17, 15) is 14.4 Å². The van der Waals surface area contributed by atoms with Crippen LogP contribution in [0.1, 0.15) is 12.5 Å². The van der Waals surface area contributed by atoms with Crippen LogP contribution < -0.4 is 10.1 Å². The molecule has 1 aromatic carbocycles. The third kappa shape index (κ3) is 4.10. The van der Waals surface area contributed by atoms with Gasteiger partial charge in [0.2, 0.25) is 0 Å². The Hall–Kier alpha value is -3.00. The van der Waals surface area contributed by atoms with Gasteiger partial charge in [-0.2, -0.15) is 0 Å². The summed E-state index contributed by atoms with van der Waals surface area (Å²) in [6.45, 7) is 5.09. The molecular formula is C17H16N2O5S. The molecule has 1 fully saturated rings. The third-order valence-electron chi connectivity index (χ3n) is 3.37. The van der Waals surface area contributed by atoms with E-state index in [0.29, 0.717) is 5.56 Å². The van der Waals surface area contributed by atoms with Crippen molar-refractivity contribution in [3.05, 3.63) is 48.1 Å². The van der Waals surface area contributed by atoms with Gasteiger partial charge in [-0.1, -0.05) is 24.3 Å². The molecule has 0 aliphatic carbocycles. The van der Waals surface area contributed by atoms with Crippen molar-refractivity contribution in [1.82, 2.24) is 10.2 Å². The van der Waals surface area contributed by atoms with Crippen LogP contribution in [0.25, 0.3) is 6.08 Å². The minimum absolute atomic E-state index is 0.0103. The molecule has 130 valence electrons. The molecule has 0 saturated carbocycles. The number of amides is 2. The lowest BCUT2D eigenvalue weighted by atomic mass is 10.1. The highest BCUT2D eigenvalue weighted by atomic mass is 32.1. The number of nitrogens with one attached hydrogen (secondary N) is 1. The summed E-state index contributed by atoms with van der Waals surface area (Å²) in [5, 5.41) is 11.4. The fourth-order valence-electron chi connectivity index (χ4n) is 2.09. The fraction of sp³-hybridized carbons (Fsp3) is 0.176. The molecule has 2 rings (SSSR count). The minimum Gasteiger partial charge on any atom is -0.479 e. The Labute approximate surface area is 149 Å². The average Bonchev–Trinajstić information content (AvgIpc) is 2.56. The summed E-state index contributed by atoms with van der Waals surface area (Å²) >= 11 is 4.98. The van der Waals surface area contributed by atoms with E-state index in [-0.39, 0.29) is 23.0 Å². The molecule has 1 saturated heterocycles. The molecule has 8 heteroatoms. The summed E-state index contributed by atoms with van der Waals surface area (Å²) < 4.78 is 5.37. The van der Waals surface area contributed by atoms with Crippen molar-refractivity contribution in [3.63, 3.8) is 0 Å². The van der Waals surface area contributed by atoms with Crippen LogP contribution in [-0.4, -0.2) is 45.6 Å². The van der Waals surface area contributed by atoms with E-state index in [0.717, 1.165) is 0 Å². The van der Waals surface area contributed by atoms with E-state index in [2.05, 4.69) is 11.9 Å². The number of hydrogen-bond acceptors (Lipinski definition) is 5. The third-order valence-corrected chi connectivity index (χ3v) is 3.69. The number of rotatable bonds is 6. The fourth-order valence-corrected chi connectivity index (χ4v) is 2.34. The van der Waals surface area contributed by atoms with Crippen molar-refractivity contribution in [2.75, 3.05) is 6.54 Å². The van der Waals surface area contributed by atoms with Gasteiger partial charge in [0.1, 0.15) is 11.3 Å². The van der Waals surface area contributed by atoms with Gasteiger partial charge in [-0.05, 0) is 31.3 Å². The monoisotopic (exact) mass is 360 g/mol. The number of hydrogen-bond donors (Lipinski definition) is 2. The summed E-state index contributed by atoms with van der Waals surface area (Å²) in [7, 11) is 0. The van der Waals surface area contributed by atoms with Crippen molar-refractivity contribution in [2.45, 2.75) is 13.0 Å². The van der Waals surface area contributed by atoms with Crippen molar-refractivity contribution >= 4 is 41.2 Å². The Bertz CT molecular complexity index is 787. The molecule has 1 atom stereocenters. The lowest BCUT2D eigenvalue weighted by Gasteiger charge is -2.27. The molecule has 2 amide bonds. The number of benzene rings is 1. The molecule has 25 heavy (non-hydrogen) atoms. The van der Waals surface area contributed by atoms with Gasteiger partial charge in [0, 0.05) is 12.1 Å². The summed E-state index contributed by atoms with van der Waals surface area (Å²) in [4.78, 5) is 36.8. The Morgan fingerprint density at radius 1 is 1.44 bits per heavy atom. The quantitative estimate of drug-likeness (QED) is 0.344. The first-order chi connectivity index (χ1) is 11.8. The van der Waals surface area contributed by atoms with Crippen molar-refractivity contribution in [1.29, 1.82) is 0 Å². The number of carbonyl (C=O) groups excluding carboxylic acids is 2. The average molecular weight is 360 g/mol. The maximum Gasteiger partial charge on any atom is 0.344 e.